The van der Waals surface area contributed by atoms with Crippen LogP contribution in [0.2, 0.25) is 0 Å². The molecular formula is C17H22N2O6. The smallest absolute Gasteiger partial charge is 0.332 e. The summed E-state index contributed by atoms with van der Waals surface area (Å²) in [5.74, 6) is 0.159. The van der Waals surface area contributed by atoms with Gasteiger partial charge in [-0.3, -0.25) is 18.7 Å². The van der Waals surface area contributed by atoms with Crippen LogP contribution >= 0.6 is 0 Å². The molecule has 0 aliphatic rings. The molecule has 8 heteroatoms. The third-order valence-corrected chi connectivity index (χ3v) is 3.79. The van der Waals surface area contributed by atoms with Crippen molar-refractivity contribution < 1.29 is 19.0 Å². The van der Waals surface area contributed by atoms with Gasteiger partial charge >= 0.3 is 11.7 Å². The molecule has 0 aliphatic heterocycles. The van der Waals surface area contributed by atoms with Gasteiger partial charge in [-0.25, -0.2) is 4.79 Å². The number of methoxy groups -OCH3 is 2. The van der Waals surface area contributed by atoms with Crippen LogP contribution in [0.1, 0.15) is 26.8 Å². The van der Waals surface area contributed by atoms with E-state index in [1.807, 2.05) is 0 Å². The van der Waals surface area contributed by atoms with E-state index in [0.717, 1.165) is 4.57 Å². The summed E-state index contributed by atoms with van der Waals surface area (Å²) in [4.78, 5) is 37.5. The van der Waals surface area contributed by atoms with Crippen LogP contribution in [0.3, 0.4) is 0 Å². The summed E-state index contributed by atoms with van der Waals surface area (Å²) in [7, 11) is 2.91. The van der Waals surface area contributed by atoms with Gasteiger partial charge in [0.15, 0.2) is 11.5 Å². The normalized spacial score (nSPS) is 11.0. The number of rotatable bonds is 6. The molecule has 0 saturated heterocycles. The van der Waals surface area contributed by atoms with Crippen molar-refractivity contribution in [1.29, 1.82) is 0 Å². The van der Waals surface area contributed by atoms with Crippen LogP contribution in [0.25, 0.3) is 10.9 Å². The first-order valence-corrected chi connectivity index (χ1v) is 7.92. The second-order valence-electron chi connectivity index (χ2n) is 5.67. The zero-order chi connectivity index (χ0) is 18.7. The molecule has 2 aromatic rings. The quantitative estimate of drug-likeness (QED) is 0.730. The SMILES string of the molecule is CCOC(=O)Cn1c(=O)n(C(C)C)c(=O)c2cc(OC)c(OC)cc21. The van der Waals surface area contributed by atoms with Crippen LogP contribution in [0.5, 0.6) is 11.5 Å². The number of hydrogen-bond donors (Lipinski definition) is 0. The number of benzene rings is 1. The Kier molecular flexibility index (Phi) is 5.51. The van der Waals surface area contributed by atoms with Crippen molar-refractivity contribution in [3.8, 4) is 11.5 Å². The van der Waals surface area contributed by atoms with E-state index in [2.05, 4.69) is 0 Å². The number of ether oxygens (including phenoxy) is 3. The van der Waals surface area contributed by atoms with Crippen molar-refractivity contribution in [1.82, 2.24) is 9.13 Å². The molecule has 136 valence electrons. The molecule has 0 atom stereocenters. The first-order chi connectivity index (χ1) is 11.8. The largest absolute Gasteiger partial charge is 0.493 e. The second-order valence-corrected chi connectivity index (χ2v) is 5.67. The molecule has 2 rings (SSSR count). The van der Waals surface area contributed by atoms with Crippen LogP contribution in [-0.4, -0.2) is 35.9 Å². The van der Waals surface area contributed by atoms with E-state index in [0.29, 0.717) is 11.5 Å². The van der Waals surface area contributed by atoms with E-state index >= 15 is 0 Å². The number of carbonyl (C=O) groups excluding carboxylic acids is 1. The molecule has 25 heavy (non-hydrogen) atoms. The van der Waals surface area contributed by atoms with Crippen molar-refractivity contribution in [2.24, 2.45) is 0 Å². The first-order valence-electron chi connectivity index (χ1n) is 7.92. The number of aromatic nitrogens is 2. The van der Waals surface area contributed by atoms with Crippen molar-refractivity contribution in [3.63, 3.8) is 0 Å². The van der Waals surface area contributed by atoms with Gasteiger partial charge in [-0.1, -0.05) is 0 Å². The predicted molar refractivity (Wildman–Crippen MR) is 92.6 cm³/mol. The summed E-state index contributed by atoms with van der Waals surface area (Å²) in [5.41, 5.74) is -0.735. The van der Waals surface area contributed by atoms with Crippen molar-refractivity contribution in [3.05, 3.63) is 33.0 Å². The summed E-state index contributed by atoms with van der Waals surface area (Å²) >= 11 is 0. The van der Waals surface area contributed by atoms with Gasteiger partial charge in [0.2, 0.25) is 0 Å². The van der Waals surface area contributed by atoms with Crippen LogP contribution < -0.4 is 20.7 Å². The van der Waals surface area contributed by atoms with Gasteiger partial charge in [0.05, 0.1) is 31.7 Å². The van der Waals surface area contributed by atoms with E-state index in [1.165, 1.54) is 30.9 Å². The van der Waals surface area contributed by atoms with E-state index in [9.17, 15) is 14.4 Å². The molecule has 0 spiro atoms. The maximum absolute atomic E-state index is 12.8. The number of nitrogens with zero attached hydrogens (tertiary/aromatic N) is 2. The van der Waals surface area contributed by atoms with Gasteiger partial charge in [-0.15, -0.1) is 0 Å². The molecule has 0 unspecified atom stereocenters. The highest BCUT2D eigenvalue weighted by molar-refractivity contribution is 5.83. The average Bonchev–Trinajstić information content (AvgIpc) is 2.57. The Morgan fingerprint density at radius 3 is 2.24 bits per heavy atom. The fourth-order valence-electron chi connectivity index (χ4n) is 2.66. The molecule has 1 heterocycles. The molecule has 0 saturated carbocycles. The molecule has 0 fully saturated rings. The summed E-state index contributed by atoms with van der Waals surface area (Å²) < 4.78 is 17.7. The lowest BCUT2D eigenvalue weighted by Crippen LogP contribution is -2.42. The molecule has 1 aromatic heterocycles. The minimum atomic E-state index is -0.576. The highest BCUT2D eigenvalue weighted by Crippen LogP contribution is 2.30. The fraction of sp³-hybridized carbons (Fsp3) is 0.471. The molecule has 0 aliphatic carbocycles. The topological polar surface area (TPSA) is 88.8 Å². The molecule has 8 nitrogen and oxygen atoms in total. The second kappa shape index (κ2) is 7.42. The van der Waals surface area contributed by atoms with Gasteiger partial charge in [0.25, 0.3) is 5.56 Å². The van der Waals surface area contributed by atoms with E-state index < -0.39 is 17.2 Å². The maximum atomic E-state index is 12.8. The zero-order valence-electron chi connectivity index (χ0n) is 15.0. The highest BCUT2D eigenvalue weighted by atomic mass is 16.5. The summed E-state index contributed by atoms with van der Waals surface area (Å²) in [6.07, 6.45) is 0. The van der Waals surface area contributed by atoms with Crippen LogP contribution in [-0.2, 0) is 16.1 Å². The number of carbonyl (C=O) groups is 1. The lowest BCUT2D eigenvalue weighted by Gasteiger charge is -2.17. The molecular weight excluding hydrogens is 328 g/mol. The minimum Gasteiger partial charge on any atom is -0.493 e. The lowest BCUT2D eigenvalue weighted by molar-refractivity contribution is -0.143. The third-order valence-electron chi connectivity index (χ3n) is 3.79. The van der Waals surface area contributed by atoms with E-state index in [-0.39, 0.29) is 30.1 Å². The Bertz CT molecular complexity index is 910. The van der Waals surface area contributed by atoms with Gasteiger partial charge < -0.3 is 14.2 Å². The predicted octanol–water partition coefficient (Wildman–Crippen LogP) is 1.32. The standard InChI is InChI=1S/C17H22N2O6/c1-6-25-15(20)9-18-12-8-14(24-5)13(23-4)7-11(12)16(21)19(10(2)3)17(18)22/h7-8,10H,6,9H2,1-5H3. The van der Waals surface area contributed by atoms with Gasteiger partial charge in [-0.05, 0) is 26.8 Å². The van der Waals surface area contributed by atoms with Crippen LogP contribution in [0, 0.1) is 0 Å². The molecule has 0 bridgehead atoms. The van der Waals surface area contributed by atoms with Crippen molar-refractivity contribution in [2.75, 3.05) is 20.8 Å². The molecule has 0 N–H and O–H groups in total. The van der Waals surface area contributed by atoms with Crippen LogP contribution in [0.4, 0.5) is 0 Å². The van der Waals surface area contributed by atoms with E-state index in [4.69, 9.17) is 14.2 Å². The minimum absolute atomic E-state index is 0.201. The van der Waals surface area contributed by atoms with Gasteiger partial charge in [-0.2, -0.15) is 0 Å². The number of hydrogen-bond acceptors (Lipinski definition) is 6. The summed E-state index contributed by atoms with van der Waals surface area (Å²) in [6, 6.07) is 2.66. The Hall–Kier alpha value is -2.77. The van der Waals surface area contributed by atoms with Crippen molar-refractivity contribution in [2.45, 2.75) is 33.4 Å². The maximum Gasteiger partial charge on any atom is 0.332 e. The van der Waals surface area contributed by atoms with Crippen LogP contribution in [0.15, 0.2) is 21.7 Å². The lowest BCUT2D eigenvalue weighted by atomic mass is 10.2. The molecule has 0 radical (unpaired) electrons. The fourth-order valence-corrected chi connectivity index (χ4v) is 2.66. The Morgan fingerprint density at radius 2 is 1.72 bits per heavy atom. The number of esters is 1. The Labute approximate surface area is 144 Å². The first kappa shape index (κ1) is 18.6. The number of fused-ring (bicyclic) bond motifs is 1. The Balaban J connectivity index is 2.89. The monoisotopic (exact) mass is 350 g/mol. The molecule has 1 aromatic carbocycles. The summed E-state index contributed by atoms with van der Waals surface area (Å²) in [5, 5.41) is 0.259. The Morgan fingerprint density at radius 1 is 1.12 bits per heavy atom. The highest BCUT2D eigenvalue weighted by Gasteiger charge is 2.20. The average molecular weight is 350 g/mol. The van der Waals surface area contributed by atoms with E-state index in [1.54, 1.807) is 20.8 Å². The zero-order valence-corrected chi connectivity index (χ0v) is 15.0. The van der Waals surface area contributed by atoms with Crippen molar-refractivity contribution >= 4 is 16.9 Å². The summed E-state index contributed by atoms with van der Waals surface area (Å²) in [6.45, 7) is 5.04. The van der Waals surface area contributed by atoms with Gasteiger partial charge in [0.1, 0.15) is 6.54 Å². The third kappa shape index (κ3) is 3.38. The van der Waals surface area contributed by atoms with Gasteiger partial charge in [0, 0.05) is 12.1 Å². The molecule has 0 amide bonds.